The van der Waals surface area contributed by atoms with E-state index in [0.717, 1.165) is 36.2 Å². The standard InChI is InChI=1S/C30H36F3N3O3/c1-20-19-35(17-18-36(20)28(38)39-29(2,3)4)24-15-13-23(14-16-24)34-27(37)26-8-6-5-7-25(26)21-9-11-22(12-10-21)30(31,32)33/h9-16,20H,5-8,17-19H2,1-4H3,(H,34,37). The van der Waals surface area contributed by atoms with Gasteiger partial charge in [0.2, 0.25) is 0 Å². The SMILES string of the molecule is CC1CN(c2ccc(NC(=O)C3=C(c4ccc(C(F)(F)F)cc4)CCCC3)cc2)CCN1C(=O)OC(C)(C)C. The summed E-state index contributed by atoms with van der Waals surface area (Å²) < 4.78 is 44.5. The molecule has 2 amide bonds. The Kier molecular flexibility index (Phi) is 8.28. The van der Waals surface area contributed by atoms with E-state index in [1.807, 2.05) is 52.0 Å². The number of nitrogens with one attached hydrogen (secondary N) is 1. The Labute approximate surface area is 227 Å². The average molecular weight is 544 g/mol. The van der Waals surface area contributed by atoms with Crippen LogP contribution < -0.4 is 10.2 Å². The minimum atomic E-state index is -4.39. The maximum Gasteiger partial charge on any atom is 0.416 e. The summed E-state index contributed by atoms with van der Waals surface area (Å²) in [7, 11) is 0. The molecule has 0 saturated carbocycles. The van der Waals surface area contributed by atoms with E-state index in [2.05, 4.69) is 10.2 Å². The molecule has 2 aliphatic rings. The zero-order valence-corrected chi connectivity index (χ0v) is 22.9. The number of hydrogen-bond donors (Lipinski definition) is 1. The van der Waals surface area contributed by atoms with Crippen molar-refractivity contribution in [2.24, 2.45) is 0 Å². The number of ether oxygens (including phenoxy) is 1. The molecule has 1 unspecified atom stereocenters. The molecule has 6 nitrogen and oxygen atoms in total. The summed E-state index contributed by atoms with van der Waals surface area (Å²) >= 11 is 0. The molecule has 39 heavy (non-hydrogen) atoms. The normalized spacial score (nSPS) is 18.7. The Morgan fingerprint density at radius 2 is 1.56 bits per heavy atom. The van der Waals surface area contributed by atoms with Crippen molar-refractivity contribution in [3.05, 3.63) is 65.2 Å². The fourth-order valence-electron chi connectivity index (χ4n) is 5.08. The number of allylic oxidation sites excluding steroid dienone is 1. The van der Waals surface area contributed by atoms with E-state index in [0.29, 0.717) is 49.3 Å². The molecule has 0 radical (unpaired) electrons. The predicted octanol–water partition coefficient (Wildman–Crippen LogP) is 7.12. The van der Waals surface area contributed by atoms with E-state index in [1.54, 1.807) is 4.90 Å². The Bertz CT molecular complexity index is 1220. The van der Waals surface area contributed by atoms with Crippen LogP contribution in [0.1, 0.15) is 64.5 Å². The van der Waals surface area contributed by atoms with Crippen molar-refractivity contribution in [1.29, 1.82) is 0 Å². The van der Waals surface area contributed by atoms with Crippen LogP contribution in [0.3, 0.4) is 0 Å². The molecule has 1 atom stereocenters. The number of carbonyl (C=O) groups excluding carboxylic acids is 2. The number of halogens is 3. The van der Waals surface area contributed by atoms with Crippen LogP contribution in [0, 0.1) is 0 Å². The number of nitrogens with zero attached hydrogens (tertiary/aromatic N) is 2. The first-order valence-corrected chi connectivity index (χ1v) is 13.4. The molecule has 2 aromatic carbocycles. The second kappa shape index (κ2) is 11.3. The van der Waals surface area contributed by atoms with Gasteiger partial charge in [-0.3, -0.25) is 4.79 Å². The highest BCUT2D eigenvalue weighted by molar-refractivity contribution is 6.09. The van der Waals surface area contributed by atoms with Gasteiger partial charge in [-0.2, -0.15) is 13.2 Å². The Morgan fingerprint density at radius 1 is 0.923 bits per heavy atom. The summed E-state index contributed by atoms with van der Waals surface area (Å²) in [6, 6.07) is 12.6. The number of anilines is 2. The molecule has 2 aromatic rings. The number of alkyl halides is 3. The minimum Gasteiger partial charge on any atom is -0.444 e. The second-order valence-electron chi connectivity index (χ2n) is 11.2. The fourth-order valence-corrected chi connectivity index (χ4v) is 5.08. The number of carbonyl (C=O) groups is 2. The highest BCUT2D eigenvalue weighted by Gasteiger charge is 2.32. The van der Waals surface area contributed by atoms with E-state index in [9.17, 15) is 22.8 Å². The molecule has 9 heteroatoms. The maximum atomic E-state index is 13.2. The van der Waals surface area contributed by atoms with E-state index in [4.69, 9.17) is 4.74 Å². The van der Waals surface area contributed by atoms with Crippen LogP contribution in [0.25, 0.3) is 5.57 Å². The number of hydrogen-bond acceptors (Lipinski definition) is 4. The summed E-state index contributed by atoms with van der Waals surface area (Å²) in [6.07, 6.45) is -1.71. The molecule has 1 aliphatic carbocycles. The van der Waals surface area contributed by atoms with Gasteiger partial charge in [-0.05, 0) is 101 Å². The van der Waals surface area contributed by atoms with Gasteiger partial charge in [0.15, 0.2) is 0 Å². The quantitative estimate of drug-likeness (QED) is 0.446. The largest absolute Gasteiger partial charge is 0.444 e. The first kappa shape index (κ1) is 28.5. The summed E-state index contributed by atoms with van der Waals surface area (Å²) in [5.41, 5.74) is 2.48. The molecule has 1 aliphatic heterocycles. The summed E-state index contributed by atoms with van der Waals surface area (Å²) in [5, 5.41) is 2.96. The smallest absolute Gasteiger partial charge is 0.416 e. The van der Waals surface area contributed by atoms with Crippen LogP contribution in [-0.2, 0) is 15.7 Å². The first-order valence-electron chi connectivity index (χ1n) is 13.4. The monoisotopic (exact) mass is 543 g/mol. The molecule has 1 heterocycles. The lowest BCUT2D eigenvalue weighted by atomic mass is 9.86. The Morgan fingerprint density at radius 3 is 2.15 bits per heavy atom. The van der Waals surface area contributed by atoms with Crippen molar-refractivity contribution in [3.63, 3.8) is 0 Å². The van der Waals surface area contributed by atoms with Gasteiger partial charge in [-0.1, -0.05) is 12.1 Å². The van der Waals surface area contributed by atoms with E-state index in [-0.39, 0.29) is 18.0 Å². The van der Waals surface area contributed by atoms with Crippen molar-refractivity contribution in [2.75, 3.05) is 29.9 Å². The lowest BCUT2D eigenvalue weighted by Gasteiger charge is -2.41. The number of benzene rings is 2. The van der Waals surface area contributed by atoms with Crippen LogP contribution >= 0.6 is 0 Å². The van der Waals surface area contributed by atoms with Gasteiger partial charge in [0.1, 0.15) is 5.60 Å². The fraction of sp³-hybridized carbons (Fsp3) is 0.467. The van der Waals surface area contributed by atoms with Crippen molar-refractivity contribution >= 4 is 28.9 Å². The number of amides is 2. The van der Waals surface area contributed by atoms with Crippen LogP contribution in [-0.4, -0.2) is 48.2 Å². The van der Waals surface area contributed by atoms with Crippen molar-refractivity contribution in [1.82, 2.24) is 4.90 Å². The number of piperazine rings is 1. The van der Waals surface area contributed by atoms with Crippen molar-refractivity contribution in [3.8, 4) is 0 Å². The van der Waals surface area contributed by atoms with Crippen LogP contribution in [0.15, 0.2) is 54.1 Å². The zero-order valence-electron chi connectivity index (χ0n) is 22.9. The van der Waals surface area contributed by atoms with Gasteiger partial charge < -0.3 is 19.9 Å². The minimum absolute atomic E-state index is 0.0187. The van der Waals surface area contributed by atoms with E-state index >= 15 is 0 Å². The molecule has 0 aromatic heterocycles. The predicted molar refractivity (Wildman–Crippen MR) is 147 cm³/mol. The molecule has 1 saturated heterocycles. The molecule has 0 bridgehead atoms. The molecule has 210 valence electrons. The summed E-state index contributed by atoms with van der Waals surface area (Å²) in [4.78, 5) is 29.7. The van der Waals surface area contributed by atoms with Gasteiger partial charge in [0.05, 0.1) is 5.56 Å². The molecular formula is C30H36F3N3O3. The van der Waals surface area contributed by atoms with Crippen molar-refractivity contribution < 1.29 is 27.5 Å². The van der Waals surface area contributed by atoms with Crippen LogP contribution in [0.5, 0.6) is 0 Å². The topological polar surface area (TPSA) is 61.9 Å². The van der Waals surface area contributed by atoms with Crippen LogP contribution in [0.4, 0.5) is 29.3 Å². The molecular weight excluding hydrogens is 507 g/mol. The third kappa shape index (κ3) is 7.13. The Balaban J connectivity index is 1.41. The molecule has 4 rings (SSSR count). The second-order valence-corrected chi connectivity index (χ2v) is 11.2. The van der Waals surface area contributed by atoms with Gasteiger partial charge in [0, 0.05) is 42.6 Å². The highest BCUT2D eigenvalue weighted by atomic mass is 19.4. The highest BCUT2D eigenvalue weighted by Crippen LogP contribution is 2.35. The summed E-state index contributed by atoms with van der Waals surface area (Å²) in [6.45, 7) is 9.44. The van der Waals surface area contributed by atoms with Crippen molar-refractivity contribution in [2.45, 2.75) is 71.2 Å². The number of rotatable bonds is 4. The first-order chi connectivity index (χ1) is 18.3. The lowest BCUT2D eigenvalue weighted by Crippen LogP contribution is -2.55. The zero-order chi connectivity index (χ0) is 28.4. The van der Waals surface area contributed by atoms with Gasteiger partial charge in [0.25, 0.3) is 5.91 Å². The average Bonchev–Trinajstić information content (AvgIpc) is 2.87. The van der Waals surface area contributed by atoms with E-state index in [1.165, 1.54) is 12.1 Å². The molecule has 0 spiro atoms. The van der Waals surface area contributed by atoms with Gasteiger partial charge in [-0.25, -0.2) is 4.79 Å². The molecule has 1 fully saturated rings. The summed E-state index contributed by atoms with van der Waals surface area (Å²) in [5.74, 6) is -0.225. The lowest BCUT2D eigenvalue weighted by molar-refractivity contribution is -0.137. The molecule has 1 N–H and O–H groups in total. The van der Waals surface area contributed by atoms with Gasteiger partial charge >= 0.3 is 12.3 Å². The third-order valence-corrected chi connectivity index (χ3v) is 7.05. The maximum absolute atomic E-state index is 13.2. The van der Waals surface area contributed by atoms with E-state index < -0.39 is 17.3 Å². The van der Waals surface area contributed by atoms with Crippen LogP contribution in [0.2, 0.25) is 0 Å². The Hall–Kier alpha value is -3.49. The third-order valence-electron chi connectivity index (χ3n) is 7.05. The van der Waals surface area contributed by atoms with Gasteiger partial charge in [-0.15, -0.1) is 0 Å².